The van der Waals surface area contributed by atoms with E-state index in [2.05, 4.69) is 40.5 Å². The Bertz CT molecular complexity index is 804. The number of nitrogens with zero attached hydrogens (tertiary/aromatic N) is 4. The molecule has 3 heterocycles. The highest BCUT2D eigenvalue weighted by Crippen LogP contribution is 2.42. The summed E-state index contributed by atoms with van der Waals surface area (Å²) in [4.78, 5) is 10.2. The van der Waals surface area contributed by atoms with Gasteiger partial charge in [0.1, 0.15) is 5.82 Å². The Morgan fingerprint density at radius 2 is 1.92 bits per heavy atom. The van der Waals surface area contributed by atoms with E-state index in [1.165, 1.54) is 47.4 Å². The minimum atomic E-state index is 0.617. The lowest BCUT2D eigenvalue weighted by atomic mass is 9.96. The van der Waals surface area contributed by atoms with Crippen molar-refractivity contribution in [3.8, 4) is 0 Å². The van der Waals surface area contributed by atoms with Crippen molar-refractivity contribution >= 4 is 16.7 Å². The fraction of sp³-hybridized carbons (Fsp3) is 0.667. The Balaban J connectivity index is 1.51. The number of anilines is 1. The van der Waals surface area contributed by atoms with E-state index in [9.17, 15) is 0 Å². The van der Waals surface area contributed by atoms with Crippen LogP contribution in [0.1, 0.15) is 43.5 Å². The Hall–Kier alpha value is -1.59. The molecule has 0 radical (unpaired) electrons. The first-order valence-electron chi connectivity index (χ1n) is 10.3. The predicted molar refractivity (Wildman–Crippen MR) is 105 cm³/mol. The summed E-state index contributed by atoms with van der Waals surface area (Å²) in [5, 5.41) is 0. The number of benzene rings is 1. The fourth-order valence-electron chi connectivity index (χ4n) is 4.57. The maximum absolute atomic E-state index is 5.49. The molecule has 2 aliphatic heterocycles. The average molecular weight is 354 g/mol. The van der Waals surface area contributed by atoms with Gasteiger partial charge >= 0.3 is 0 Å². The van der Waals surface area contributed by atoms with Gasteiger partial charge in [0.2, 0.25) is 0 Å². The van der Waals surface area contributed by atoms with Crippen molar-refractivity contribution in [3.05, 3.63) is 23.5 Å². The van der Waals surface area contributed by atoms with Gasteiger partial charge in [-0.3, -0.25) is 4.90 Å². The van der Waals surface area contributed by atoms with Gasteiger partial charge in [-0.2, -0.15) is 0 Å². The van der Waals surface area contributed by atoms with Crippen LogP contribution in [0.2, 0.25) is 0 Å². The monoisotopic (exact) mass is 354 g/mol. The third-order valence-electron chi connectivity index (χ3n) is 6.57. The molecule has 1 saturated carbocycles. The van der Waals surface area contributed by atoms with Crippen LogP contribution in [0.3, 0.4) is 0 Å². The molecule has 0 spiro atoms. The number of aromatic nitrogens is 2. The number of hydrogen-bond acceptors (Lipinski definition) is 4. The highest BCUT2D eigenvalue weighted by molar-refractivity contribution is 5.86. The maximum atomic E-state index is 5.49. The van der Waals surface area contributed by atoms with Crippen molar-refractivity contribution in [2.75, 3.05) is 44.8 Å². The molecule has 0 N–H and O–H groups in total. The van der Waals surface area contributed by atoms with Gasteiger partial charge in [-0.1, -0.05) is 0 Å². The van der Waals surface area contributed by atoms with Crippen LogP contribution in [0.4, 0.5) is 5.69 Å². The summed E-state index contributed by atoms with van der Waals surface area (Å²) in [5.41, 5.74) is 5.47. The molecule has 1 unspecified atom stereocenters. The third-order valence-corrected chi connectivity index (χ3v) is 6.57. The number of rotatable bonds is 4. The zero-order valence-electron chi connectivity index (χ0n) is 16.1. The molecule has 1 aliphatic carbocycles. The van der Waals surface area contributed by atoms with Crippen LogP contribution in [-0.2, 0) is 17.7 Å². The molecule has 1 saturated heterocycles. The molecule has 1 atom stereocenters. The second-order valence-corrected chi connectivity index (χ2v) is 8.28. The molecule has 5 nitrogen and oxygen atoms in total. The van der Waals surface area contributed by atoms with E-state index in [0.717, 1.165) is 45.8 Å². The quantitative estimate of drug-likeness (QED) is 0.845. The van der Waals surface area contributed by atoms with Crippen molar-refractivity contribution in [1.82, 2.24) is 14.5 Å². The molecule has 26 heavy (non-hydrogen) atoms. The van der Waals surface area contributed by atoms with Crippen LogP contribution >= 0.6 is 0 Å². The minimum absolute atomic E-state index is 0.617. The zero-order chi connectivity index (χ0) is 17.7. The molecule has 3 aliphatic rings. The third kappa shape index (κ3) is 2.81. The molecule has 1 aromatic carbocycles. The number of hydrogen-bond donors (Lipinski definition) is 0. The summed E-state index contributed by atoms with van der Waals surface area (Å²) in [6, 6.07) is 5.27. The van der Waals surface area contributed by atoms with Gasteiger partial charge in [0.15, 0.2) is 0 Å². The van der Waals surface area contributed by atoms with Gasteiger partial charge in [-0.15, -0.1) is 0 Å². The number of morpholine rings is 1. The molecule has 0 bridgehead atoms. The Morgan fingerprint density at radius 3 is 2.69 bits per heavy atom. The van der Waals surface area contributed by atoms with Gasteiger partial charge in [0.25, 0.3) is 0 Å². The van der Waals surface area contributed by atoms with Gasteiger partial charge in [-0.25, -0.2) is 4.98 Å². The van der Waals surface area contributed by atoms with Crippen LogP contribution in [0.15, 0.2) is 12.1 Å². The summed E-state index contributed by atoms with van der Waals surface area (Å²) in [7, 11) is 2.23. The molecule has 140 valence electrons. The van der Waals surface area contributed by atoms with E-state index in [-0.39, 0.29) is 0 Å². The molecule has 1 aromatic heterocycles. The molecule has 5 heteroatoms. The summed E-state index contributed by atoms with van der Waals surface area (Å²) in [6.07, 6.45) is 4.99. The highest BCUT2D eigenvalue weighted by Gasteiger charge is 2.31. The van der Waals surface area contributed by atoms with Crippen LogP contribution in [0, 0.1) is 0 Å². The van der Waals surface area contributed by atoms with Crippen molar-refractivity contribution < 1.29 is 4.74 Å². The lowest BCUT2D eigenvalue weighted by Gasteiger charge is -2.34. The van der Waals surface area contributed by atoms with E-state index in [0.29, 0.717) is 12.0 Å². The van der Waals surface area contributed by atoms with Gasteiger partial charge < -0.3 is 14.2 Å². The number of aryl methyl sites for hydroxylation is 1. The van der Waals surface area contributed by atoms with Crippen LogP contribution in [0.5, 0.6) is 0 Å². The van der Waals surface area contributed by atoms with Crippen LogP contribution < -0.4 is 4.90 Å². The van der Waals surface area contributed by atoms with Gasteiger partial charge in [0, 0.05) is 56.4 Å². The van der Waals surface area contributed by atoms with Crippen LogP contribution in [0.25, 0.3) is 11.0 Å². The lowest BCUT2D eigenvalue weighted by Crippen LogP contribution is -2.38. The smallest absolute Gasteiger partial charge is 0.113 e. The first-order valence-corrected chi connectivity index (χ1v) is 10.3. The molecule has 2 fully saturated rings. The second kappa shape index (κ2) is 6.54. The van der Waals surface area contributed by atoms with E-state index < -0.39 is 0 Å². The Morgan fingerprint density at radius 1 is 1.12 bits per heavy atom. The summed E-state index contributed by atoms with van der Waals surface area (Å²) >= 11 is 0. The number of imidazole rings is 1. The molecule has 2 aromatic rings. The first kappa shape index (κ1) is 16.6. The molecule has 0 amide bonds. The Labute approximate surface area is 155 Å². The zero-order valence-corrected chi connectivity index (χ0v) is 16.1. The van der Waals surface area contributed by atoms with Crippen molar-refractivity contribution in [2.45, 2.75) is 51.1 Å². The molecule has 5 rings (SSSR count). The topological polar surface area (TPSA) is 33.5 Å². The predicted octanol–water partition coefficient (Wildman–Crippen LogP) is 3.02. The number of fused-ring (bicyclic) bond motifs is 3. The number of ether oxygens (including phenoxy) is 1. The summed E-state index contributed by atoms with van der Waals surface area (Å²) < 4.78 is 8.02. The lowest BCUT2D eigenvalue weighted by molar-refractivity contribution is 0.0364. The van der Waals surface area contributed by atoms with Crippen LogP contribution in [-0.4, -0.2) is 60.4 Å². The van der Waals surface area contributed by atoms with Crippen molar-refractivity contribution in [3.63, 3.8) is 0 Å². The van der Waals surface area contributed by atoms with Gasteiger partial charge in [-0.05, 0) is 44.7 Å². The molecular weight excluding hydrogens is 324 g/mol. The van der Waals surface area contributed by atoms with E-state index >= 15 is 0 Å². The largest absolute Gasteiger partial charge is 0.379 e. The average Bonchev–Trinajstić information content (AvgIpc) is 3.45. The SMILES string of the molecule is CC1CCc2c(ccc3c2nc(C2CC2)n3CCN2CCOCC2)N1C. The fourth-order valence-corrected chi connectivity index (χ4v) is 4.57. The Kier molecular flexibility index (Phi) is 4.17. The van der Waals surface area contributed by atoms with Crippen molar-refractivity contribution in [2.24, 2.45) is 0 Å². The standard InChI is InChI=1S/C21H30N4O/c1-15-3-6-17-18(23(15)2)7-8-19-20(17)22-21(16-4-5-16)25(19)10-9-24-11-13-26-14-12-24/h7-8,15-16H,3-6,9-14H2,1-2H3. The highest BCUT2D eigenvalue weighted by atomic mass is 16.5. The molecular formula is C21H30N4O. The first-order chi connectivity index (χ1) is 12.7. The van der Waals surface area contributed by atoms with E-state index in [4.69, 9.17) is 9.72 Å². The van der Waals surface area contributed by atoms with E-state index in [1.54, 1.807) is 0 Å². The minimum Gasteiger partial charge on any atom is -0.379 e. The van der Waals surface area contributed by atoms with Gasteiger partial charge in [0.05, 0.1) is 24.2 Å². The summed E-state index contributed by atoms with van der Waals surface area (Å²) in [6.45, 7) is 8.34. The normalized spacial score (nSPS) is 24.2. The summed E-state index contributed by atoms with van der Waals surface area (Å²) in [5.74, 6) is 2.02. The van der Waals surface area contributed by atoms with Crippen molar-refractivity contribution in [1.29, 1.82) is 0 Å². The second-order valence-electron chi connectivity index (χ2n) is 8.28. The van der Waals surface area contributed by atoms with E-state index in [1.807, 2.05) is 0 Å². The maximum Gasteiger partial charge on any atom is 0.113 e.